The quantitative estimate of drug-likeness (QED) is 0.816. The summed E-state index contributed by atoms with van der Waals surface area (Å²) < 4.78 is 0. The molecule has 3 heteroatoms. The topological polar surface area (TPSA) is 46.3 Å². The summed E-state index contributed by atoms with van der Waals surface area (Å²) in [5.41, 5.74) is 8.48. The van der Waals surface area contributed by atoms with Crippen LogP contribution in [0.15, 0.2) is 18.2 Å². The molecular formula is C13H18N2O. The Hall–Kier alpha value is -1.35. The van der Waals surface area contributed by atoms with Crippen molar-refractivity contribution in [3.05, 3.63) is 29.3 Å². The van der Waals surface area contributed by atoms with Crippen LogP contribution in [0.2, 0.25) is 0 Å². The van der Waals surface area contributed by atoms with Gasteiger partial charge in [-0.25, -0.2) is 0 Å². The SMILES string of the molecule is CN1C(=O)C(C)(C)c2ccc(CCN)cc21. The zero-order chi connectivity index (χ0) is 11.9. The highest BCUT2D eigenvalue weighted by Gasteiger charge is 2.41. The maximum Gasteiger partial charge on any atom is 0.236 e. The van der Waals surface area contributed by atoms with Crippen LogP contribution in [0.4, 0.5) is 5.69 Å². The first kappa shape index (κ1) is 11.1. The van der Waals surface area contributed by atoms with Crippen molar-refractivity contribution < 1.29 is 4.79 Å². The molecule has 1 aliphatic rings. The Morgan fingerprint density at radius 1 is 1.38 bits per heavy atom. The molecule has 0 fully saturated rings. The monoisotopic (exact) mass is 218 g/mol. The molecule has 1 aromatic carbocycles. The molecule has 1 aliphatic heterocycles. The smallest absolute Gasteiger partial charge is 0.236 e. The van der Waals surface area contributed by atoms with E-state index >= 15 is 0 Å². The number of hydrogen-bond acceptors (Lipinski definition) is 2. The summed E-state index contributed by atoms with van der Waals surface area (Å²) in [6, 6.07) is 6.20. The van der Waals surface area contributed by atoms with E-state index in [1.165, 1.54) is 5.56 Å². The van der Waals surface area contributed by atoms with Gasteiger partial charge in [0.05, 0.1) is 5.41 Å². The van der Waals surface area contributed by atoms with Gasteiger partial charge in [-0.15, -0.1) is 0 Å². The summed E-state index contributed by atoms with van der Waals surface area (Å²) in [5.74, 6) is 0.160. The minimum atomic E-state index is -0.397. The Kier molecular flexibility index (Phi) is 2.50. The number of nitrogens with two attached hydrogens (primary N) is 1. The van der Waals surface area contributed by atoms with Gasteiger partial charge in [0.1, 0.15) is 0 Å². The van der Waals surface area contributed by atoms with Gasteiger partial charge >= 0.3 is 0 Å². The highest BCUT2D eigenvalue weighted by Crippen LogP contribution is 2.40. The standard InChI is InChI=1S/C13H18N2O/c1-13(2)10-5-4-9(6-7-14)8-11(10)15(3)12(13)16/h4-5,8H,6-7,14H2,1-3H3. The Morgan fingerprint density at radius 3 is 2.69 bits per heavy atom. The van der Waals surface area contributed by atoms with E-state index in [4.69, 9.17) is 5.73 Å². The second-order valence-corrected chi connectivity index (χ2v) is 4.88. The Bertz CT molecular complexity index is 438. The van der Waals surface area contributed by atoms with Gasteiger partial charge in [0.25, 0.3) is 0 Å². The zero-order valence-electron chi connectivity index (χ0n) is 10.1. The van der Waals surface area contributed by atoms with Crippen LogP contribution in [0.5, 0.6) is 0 Å². The van der Waals surface area contributed by atoms with Crippen LogP contribution < -0.4 is 10.6 Å². The molecule has 1 amide bonds. The van der Waals surface area contributed by atoms with Crippen molar-refractivity contribution in [1.29, 1.82) is 0 Å². The fraction of sp³-hybridized carbons (Fsp3) is 0.462. The van der Waals surface area contributed by atoms with Gasteiger partial charge in [-0.3, -0.25) is 4.79 Å². The Labute approximate surface area is 96.2 Å². The molecule has 1 heterocycles. The largest absolute Gasteiger partial charge is 0.330 e. The van der Waals surface area contributed by atoms with E-state index in [0.717, 1.165) is 17.7 Å². The number of benzene rings is 1. The Balaban J connectivity index is 2.50. The molecule has 86 valence electrons. The van der Waals surface area contributed by atoms with E-state index in [-0.39, 0.29) is 5.91 Å². The lowest BCUT2D eigenvalue weighted by Gasteiger charge is -2.16. The van der Waals surface area contributed by atoms with Crippen LogP contribution in [0.25, 0.3) is 0 Å². The van der Waals surface area contributed by atoms with Gasteiger partial charge in [0, 0.05) is 12.7 Å². The number of carbonyl (C=O) groups is 1. The molecule has 16 heavy (non-hydrogen) atoms. The van der Waals surface area contributed by atoms with Crippen LogP contribution in [-0.2, 0) is 16.6 Å². The number of rotatable bonds is 2. The van der Waals surface area contributed by atoms with Crippen molar-refractivity contribution in [2.75, 3.05) is 18.5 Å². The number of fused-ring (bicyclic) bond motifs is 1. The molecular weight excluding hydrogens is 200 g/mol. The third-order valence-corrected chi connectivity index (χ3v) is 3.37. The molecule has 0 bridgehead atoms. The molecule has 0 saturated carbocycles. The van der Waals surface area contributed by atoms with Crippen LogP contribution in [0.3, 0.4) is 0 Å². The number of carbonyl (C=O) groups excluding carboxylic acids is 1. The first-order valence-corrected chi connectivity index (χ1v) is 5.60. The van der Waals surface area contributed by atoms with E-state index in [9.17, 15) is 4.79 Å². The predicted octanol–water partition coefficient (Wildman–Crippen LogP) is 1.44. The lowest BCUT2D eigenvalue weighted by molar-refractivity contribution is -0.121. The normalized spacial score (nSPS) is 17.8. The summed E-state index contributed by atoms with van der Waals surface area (Å²) in [5, 5.41) is 0. The number of amides is 1. The van der Waals surface area contributed by atoms with Gasteiger partial charge in [0.15, 0.2) is 0 Å². The van der Waals surface area contributed by atoms with Crippen LogP contribution >= 0.6 is 0 Å². The molecule has 0 unspecified atom stereocenters. The third-order valence-electron chi connectivity index (χ3n) is 3.37. The summed E-state index contributed by atoms with van der Waals surface area (Å²) in [6.07, 6.45) is 0.857. The van der Waals surface area contributed by atoms with Crippen molar-refractivity contribution in [1.82, 2.24) is 0 Å². The van der Waals surface area contributed by atoms with Crippen LogP contribution in [0, 0.1) is 0 Å². The molecule has 0 aliphatic carbocycles. The van der Waals surface area contributed by atoms with Crippen molar-refractivity contribution in [3.8, 4) is 0 Å². The van der Waals surface area contributed by atoms with Gasteiger partial charge in [-0.1, -0.05) is 12.1 Å². The molecule has 3 nitrogen and oxygen atoms in total. The van der Waals surface area contributed by atoms with Gasteiger partial charge in [-0.2, -0.15) is 0 Å². The first-order valence-electron chi connectivity index (χ1n) is 5.60. The third kappa shape index (κ3) is 1.43. The average molecular weight is 218 g/mol. The average Bonchev–Trinajstić information content (AvgIpc) is 2.41. The Morgan fingerprint density at radius 2 is 2.06 bits per heavy atom. The van der Waals surface area contributed by atoms with E-state index in [1.807, 2.05) is 20.9 Å². The molecule has 1 aromatic rings. The maximum atomic E-state index is 12.1. The maximum absolute atomic E-state index is 12.1. The molecule has 2 rings (SSSR count). The minimum absolute atomic E-state index is 0.160. The molecule has 0 atom stereocenters. The molecule has 0 saturated heterocycles. The van der Waals surface area contributed by atoms with E-state index < -0.39 is 5.41 Å². The zero-order valence-corrected chi connectivity index (χ0v) is 10.1. The molecule has 0 radical (unpaired) electrons. The first-order chi connectivity index (χ1) is 7.48. The van der Waals surface area contributed by atoms with Crippen molar-refractivity contribution in [2.24, 2.45) is 5.73 Å². The fourth-order valence-electron chi connectivity index (χ4n) is 2.35. The molecule has 0 aromatic heterocycles. The van der Waals surface area contributed by atoms with Crippen molar-refractivity contribution in [2.45, 2.75) is 25.7 Å². The number of anilines is 1. The van der Waals surface area contributed by atoms with Crippen molar-refractivity contribution >= 4 is 11.6 Å². The highest BCUT2D eigenvalue weighted by atomic mass is 16.2. The van der Waals surface area contributed by atoms with Crippen LogP contribution in [0.1, 0.15) is 25.0 Å². The second kappa shape index (κ2) is 3.59. The van der Waals surface area contributed by atoms with E-state index in [2.05, 4.69) is 18.2 Å². The predicted molar refractivity (Wildman–Crippen MR) is 65.6 cm³/mol. The van der Waals surface area contributed by atoms with Crippen molar-refractivity contribution in [3.63, 3.8) is 0 Å². The second-order valence-electron chi connectivity index (χ2n) is 4.88. The summed E-state index contributed by atoms with van der Waals surface area (Å²) in [4.78, 5) is 13.8. The number of nitrogens with zero attached hydrogens (tertiary/aromatic N) is 1. The fourth-order valence-corrected chi connectivity index (χ4v) is 2.35. The van der Waals surface area contributed by atoms with Gasteiger partial charge < -0.3 is 10.6 Å². The molecule has 0 spiro atoms. The number of hydrogen-bond donors (Lipinski definition) is 1. The van der Waals surface area contributed by atoms with Gasteiger partial charge in [0.2, 0.25) is 5.91 Å². The molecule has 2 N–H and O–H groups in total. The lowest BCUT2D eigenvalue weighted by atomic mass is 9.86. The van der Waals surface area contributed by atoms with Crippen LogP contribution in [-0.4, -0.2) is 19.5 Å². The summed E-state index contributed by atoms with van der Waals surface area (Å²) in [7, 11) is 1.84. The van der Waals surface area contributed by atoms with Gasteiger partial charge in [-0.05, 0) is 44.0 Å². The lowest BCUT2D eigenvalue weighted by Crippen LogP contribution is -2.33. The summed E-state index contributed by atoms with van der Waals surface area (Å²) in [6.45, 7) is 4.58. The van der Waals surface area contributed by atoms with E-state index in [1.54, 1.807) is 4.90 Å². The van der Waals surface area contributed by atoms with E-state index in [0.29, 0.717) is 6.54 Å². The minimum Gasteiger partial charge on any atom is -0.330 e. The highest BCUT2D eigenvalue weighted by molar-refractivity contribution is 6.07. The summed E-state index contributed by atoms with van der Waals surface area (Å²) >= 11 is 0. The number of likely N-dealkylation sites (N-methyl/N-ethyl adjacent to an activating group) is 1.